The molecule has 3 rings (SSSR count). The molecule has 1 aliphatic rings. The van der Waals surface area contributed by atoms with E-state index in [1.54, 1.807) is 0 Å². The molecule has 1 saturated heterocycles. The zero-order chi connectivity index (χ0) is 19.9. The van der Waals surface area contributed by atoms with Crippen molar-refractivity contribution in [2.24, 2.45) is 0 Å². The second-order valence-corrected chi connectivity index (χ2v) is 7.66. The normalized spacial score (nSPS) is 16.0. The average molecular weight is 380 g/mol. The predicted molar refractivity (Wildman–Crippen MR) is 118 cm³/mol. The molecule has 0 unspecified atom stereocenters. The lowest BCUT2D eigenvalue weighted by molar-refractivity contribution is -0.117. The van der Waals surface area contributed by atoms with Crippen molar-refractivity contribution < 1.29 is 4.79 Å². The summed E-state index contributed by atoms with van der Waals surface area (Å²) in [5.41, 5.74) is 4.47. The van der Waals surface area contributed by atoms with Gasteiger partial charge in [0.2, 0.25) is 5.91 Å². The summed E-state index contributed by atoms with van der Waals surface area (Å²) in [5, 5.41) is 3.15. The fraction of sp³-hybridized carbons (Fsp3) is 0.458. The van der Waals surface area contributed by atoms with E-state index in [0.717, 1.165) is 56.8 Å². The van der Waals surface area contributed by atoms with E-state index >= 15 is 0 Å². The Hall–Kier alpha value is -2.33. The van der Waals surface area contributed by atoms with E-state index in [9.17, 15) is 4.79 Å². The van der Waals surface area contributed by atoms with Crippen LogP contribution >= 0.6 is 0 Å². The summed E-state index contributed by atoms with van der Waals surface area (Å²) in [6, 6.07) is 16.4. The Morgan fingerprint density at radius 3 is 2.36 bits per heavy atom. The highest BCUT2D eigenvalue weighted by molar-refractivity contribution is 5.96. The Morgan fingerprint density at radius 1 is 1.04 bits per heavy atom. The third kappa shape index (κ3) is 4.93. The Labute approximate surface area is 169 Å². The lowest BCUT2D eigenvalue weighted by atomic mass is 9.93. The van der Waals surface area contributed by atoms with Crippen LogP contribution in [0.5, 0.6) is 0 Å². The molecule has 4 nitrogen and oxygen atoms in total. The van der Waals surface area contributed by atoms with Crippen LogP contribution in [0.25, 0.3) is 0 Å². The van der Waals surface area contributed by atoms with Crippen LogP contribution in [0.4, 0.5) is 11.4 Å². The minimum atomic E-state index is -0.103. The van der Waals surface area contributed by atoms with E-state index in [-0.39, 0.29) is 11.8 Å². The molecule has 1 fully saturated rings. The topological polar surface area (TPSA) is 35.6 Å². The number of rotatable bonds is 7. The second-order valence-electron chi connectivity index (χ2n) is 7.66. The number of hydrogen-bond donors (Lipinski definition) is 1. The highest BCUT2D eigenvalue weighted by Gasteiger charge is 2.21. The SMILES string of the molecule is CCC[C@H](C(=O)Nc1ccc(N2CCN(CC)CC2)c(C)c1)c1ccccc1. The van der Waals surface area contributed by atoms with Crippen molar-refractivity contribution in [3.8, 4) is 0 Å². The van der Waals surface area contributed by atoms with Gasteiger partial charge in [-0.1, -0.05) is 50.6 Å². The highest BCUT2D eigenvalue weighted by atomic mass is 16.1. The summed E-state index contributed by atoms with van der Waals surface area (Å²) in [6.07, 6.45) is 1.84. The predicted octanol–water partition coefficient (Wildman–Crippen LogP) is 4.66. The highest BCUT2D eigenvalue weighted by Crippen LogP contribution is 2.27. The first-order valence-electron chi connectivity index (χ1n) is 10.6. The summed E-state index contributed by atoms with van der Waals surface area (Å²) < 4.78 is 0. The summed E-state index contributed by atoms with van der Waals surface area (Å²) in [6.45, 7) is 12.0. The number of piperazine rings is 1. The summed E-state index contributed by atoms with van der Waals surface area (Å²) in [5.74, 6) is -0.0231. The van der Waals surface area contributed by atoms with Gasteiger partial charge in [0, 0.05) is 37.6 Å². The summed E-state index contributed by atoms with van der Waals surface area (Å²) >= 11 is 0. The van der Waals surface area contributed by atoms with E-state index < -0.39 is 0 Å². The fourth-order valence-corrected chi connectivity index (χ4v) is 4.05. The van der Waals surface area contributed by atoms with Crippen molar-refractivity contribution in [1.29, 1.82) is 0 Å². The zero-order valence-corrected chi connectivity index (χ0v) is 17.4. The quantitative estimate of drug-likeness (QED) is 0.760. The van der Waals surface area contributed by atoms with Crippen LogP contribution in [0, 0.1) is 6.92 Å². The first-order chi connectivity index (χ1) is 13.6. The number of hydrogen-bond acceptors (Lipinski definition) is 3. The molecule has 4 heteroatoms. The summed E-state index contributed by atoms with van der Waals surface area (Å²) in [4.78, 5) is 17.9. The summed E-state index contributed by atoms with van der Waals surface area (Å²) in [7, 11) is 0. The molecule has 0 bridgehead atoms. The number of carbonyl (C=O) groups excluding carboxylic acids is 1. The molecule has 2 aromatic carbocycles. The van der Waals surface area contributed by atoms with Gasteiger partial charge in [0.1, 0.15) is 0 Å². The number of benzene rings is 2. The van der Waals surface area contributed by atoms with Crippen LogP contribution in [-0.2, 0) is 4.79 Å². The largest absolute Gasteiger partial charge is 0.369 e. The minimum Gasteiger partial charge on any atom is -0.369 e. The molecule has 1 atom stereocenters. The van der Waals surface area contributed by atoms with Gasteiger partial charge < -0.3 is 15.1 Å². The zero-order valence-electron chi connectivity index (χ0n) is 17.4. The van der Waals surface area contributed by atoms with Crippen molar-refractivity contribution in [1.82, 2.24) is 4.90 Å². The lowest BCUT2D eigenvalue weighted by Gasteiger charge is -2.36. The molecule has 150 valence electrons. The van der Waals surface area contributed by atoms with Crippen LogP contribution in [0.3, 0.4) is 0 Å². The number of carbonyl (C=O) groups is 1. The van der Waals surface area contributed by atoms with Gasteiger partial charge in [0.25, 0.3) is 0 Å². The van der Waals surface area contributed by atoms with Crippen LogP contribution in [0.2, 0.25) is 0 Å². The van der Waals surface area contributed by atoms with Gasteiger partial charge in [-0.05, 0) is 49.2 Å². The molecular weight excluding hydrogens is 346 g/mol. The van der Waals surface area contributed by atoms with Crippen molar-refractivity contribution >= 4 is 17.3 Å². The van der Waals surface area contributed by atoms with E-state index in [2.05, 4.69) is 48.0 Å². The molecule has 1 heterocycles. The maximum absolute atomic E-state index is 12.9. The van der Waals surface area contributed by atoms with Crippen LogP contribution in [0.1, 0.15) is 43.7 Å². The second kappa shape index (κ2) is 9.74. The molecule has 0 aromatic heterocycles. The maximum atomic E-state index is 12.9. The molecule has 1 amide bonds. The van der Waals surface area contributed by atoms with Gasteiger partial charge in [0.15, 0.2) is 0 Å². The van der Waals surface area contributed by atoms with Gasteiger partial charge in [-0.25, -0.2) is 0 Å². The molecule has 1 N–H and O–H groups in total. The third-order valence-corrected chi connectivity index (χ3v) is 5.72. The van der Waals surface area contributed by atoms with Crippen LogP contribution < -0.4 is 10.2 Å². The van der Waals surface area contributed by atoms with Gasteiger partial charge in [-0.3, -0.25) is 4.79 Å². The van der Waals surface area contributed by atoms with E-state index in [1.807, 2.05) is 36.4 Å². The van der Waals surface area contributed by atoms with Gasteiger partial charge in [-0.15, -0.1) is 0 Å². The Balaban J connectivity index is 1.69. The molecule has 0 saturated carbocycles. The van der Waals surface area contributed by atoms with Crippen LogP contribution in [-0.4, -0.2) is 43.5 Å². The smallest absolute Gasteiger partial charge is 0.231 e. The number of nitrogens with zero attached hydrogens (tertiary/aromatic N) is 2. The minimum absolute atomic E-state index is 0.0803. The number of likely N-dealkylation sites (N-methyl/N-ethyl adjacent to an activating group) is 1. The van der Waals surface area contributed by atoms with Gasteiger partial charge in [0.05, 0.1) is 5.92 Å². The Kier molecular flexibility index (Phi) is 7.10. The molecule has 28 heavy (non-hydrogen) atoms. The average Bonchev–Trinajstić information content (AvgIpc) is 2.73. The fourth-order valence-electron chi connectivity index (χ4n) is 4.05. The number of nitrogens with one attached hydrogen (secondary N) is 1. The standard InChI is InChI=1S/C24H33N3O/c1-4-9-22(20-10-7-6-8-11-20)24(28)25-21-12-13-23(19(3)18-21)27-16-14-26(5-2)15-17-27/h6-8,10-13,18,22H,4-5,9,14-17H2,1-3H3,(H,25,28)/t22-/m0/s1. The number of aryl methyl sites for hydroxylation is 1. The molecule has 2 aromatic rings. The molecule has 0 aliphatic carbocycles. The lowest BCUT2D eigenvalue weighted by Crippen LogP contribution is -2.46. The van der Waals surface area contributed by atoms with E-state index in [4.69, 9.17) is 0 Å². The number of anilines is 2. The first-order valence-corrected chi connectivity index (χ1v) is 10.6. The monoisotopic (exact) mass is 379 g/mol. The molecule has 0 spiro atoms. The van der Waals surface area contributed by atoms with Gasteiger partial charge >= 0.3 is 0 Å². The molecule has 1 aliphatic heterocycles. The van der Waals surface area contributed by atoms with Gasteiger partial charge in [-0.2, -0.15) is 0 Å². The van der Waals surface area contributed by atoms with Crippen molar-refractivity contribution in [2.75, 3.05) is 42.9 Å². The number of amides is 1. The Morgan fingerprint density at radius 2 is 1.75 bits per heavy atom. The maximum Gasteiger partial charge on any atom is 0.231 e. The van der Waals surface area contributed by atoms with Crippen molar-refractivity contribution in [2.45, 2.75) is 39.5 Å². The third-order valence-electron chi connectivity index (χ3n) is 5.72. The Bertz CT molecular complexity index is 767. The molecular formula is C24H33N3O. The van der Waals surface area contributed by atoms with Crippen molar-refractivity contribution in [3.05, 3.63) is 59.7 Å². The van der Waals surface area contributed by atoms with Crippen molar-refractivity contribution in [3.63, 3.8) is 0 Å². The molecule has 0 radical (unpaired) electrons. The van der Waals surface area contributed by atoms with Crippen LogP contribution in [0.15, 0.2) is 48.5 Å². The first kappa shape index (κ1) is 20.4. The van der Waals surface area contributed by atoms with E-state index in [1.165, 1.54) is 11.3 Å². The van der Waals surface area contributed by atoms with E-state index in [0.29, 0.717) is 0 Å².